The van der Waals surface area contributed by atoms with E-state index in [1.54, 1.807) is 24.5 Å². The predicted octanol–water partition coefficient (Wildman–Crippen LogP) is 1.44. The average Bonchev–Trinajstić information content (AvgIpc) is 3.00. The number of aliphatic imine (C=N–C) groups is 1. The molecule has 140 valence electrons. The standard InChI is InChI=1S/C17H26N4O3.HI/c1-4-19-17(20-9-15(22)13-5-7-18-8-6-13)21-10-12(2)14(11-21)16(23)24-3;/h5-8,12,14-15,22H,4,9-11H2,1-3H3,(H,19,20);1H. The Morgan fingerprint density at radius 3 is 2.76 bits per heavy atom. The third-order valence-corrected chi connectivity index (χ3v) is 4.26. The molecule has 1 aromatic rings. The maximum Gasteiger partial charge on any atom is 0.310 e. The molecule has 1 aliphatic heterocycles. The fourth-order valence-electron chi connectivity index (χ4n) is 2.89. The highest BCUT2D eigenvalue weighted by Gasteiger charge is 2.36. The number of hydrogen-bond acceptors (Lipinski definition) is 5. The van der Waals surface area contributed by atoms with E-state index in [1.165, 1.54) is 7.11 Å². The number of pyridine rings is 1. The van der Waals surface area contributed by atoms with Gasteiger partial charge in [-0.25, -0.2) is 0 Å². The number of hydrogen-bond donors (Lipinski definition) is 2. The monoisotopic (exact) mass is 462 g/mol. The van der Waals surface area contributed by atoms with Crippen LogP contribution >= 0.6 is 24.0 Å². The summed E-state index contributed by atoms with van der Waals surface area (Å²) in [5.41, 5.74) is 0.784. The molecule has 0 spiro atoms. The number of nitrogens with one attached hydrogen (secondary N) is 1. The van der Waals surface area contributed by atoms with Gasteiger partial charge in [0.05, 0.1) is 25.7 Å². The number of carbonyl (C=O) groups excluding carboxylic acids is 1. The first kappa shape index (κ1) is 21.6. The van der Waals surface area contributed by atoms with Crippen LogP contribution in [0.1, 0.15) is 25.5 Å². The second kappa shape index (κ2) is 10.5. The number of aromatic nitrogens is 1. The van der Waals surface area contributed by atoms with E-state index < -0.39 is 6.10 Å². The number of aliphatic hydroxyl groups excluding tert-OH is 1. The van der Waals surface area contributed by atoms with Gasteiger partial charge >= 0.3 is 5.97 Å². The number of rotatable bonds is 5. The molecule has 0 aliphatic carbocycles. The minimum absolute atomic E-state index is 0. The van der Waals surface area contributed by atoms with Crippen LogP contribution in [0.25, 0.3) is 0 Å². The second-order valence-corrected chi connectivity index (χ2v) is 6.00. The lowest BCUT2D eigenvalue weighted by molar-refractivity contribution is -0.145. The van der Waals surface area contributed by atoms with Gasteiger partial charge in [-0.15, -0.1) is 24.0 Å². The van der Waals surface area contributed by atoms with Gasteiger partial charge in [0.1, 0.15) is 0 Å². The molecule has 1 aromatic heterocycles. The van der Waals surface area contributed by atoms with Crippen LogP contribution in [-0.4, -0.2) is 60.2 Å². The number of ether oxygens (including phenoxy) is 1. The largest absolute Gasteiger partial charge is 0.469 e. The summed E-state index contributed by atoms with van der Waals surface area (Å²) in [7, 11) is 1.42. The smallest absolute Gasteiger partial charge is 0.310 e. The van der Waals surface area contributed by atoms with Crippen molar-refractivity contribution >= 4 is 35.9 Å². The first-order valence-electron chi connectivity index (χ1n) is 8.25. The van der Waals surface area contributed by atoms with E-state index in [4.69, 9.17) is 4.74 Å². The van der Waals surface area contributed by atoms with Crippen molar-refractivity contribution < 1.29 is 14.6 Å². The van der Waals surface area contributed by atoms with Crippen LogP contribution in [-0.2, 0) is 9.53 Å². The Labute approximate surface area is 165 Å². The lowest BCUT2D eigenvalue weighted by atomic mass is 9.99. The average molecular weight is 462 g/mol. The Kier molecular flexibility index (Phi) is 9.12. The molecule has 2 N–H and O–H groups in total. The summed E-state index contributed by atoms with van der Waals surface area (Å²) in [6.07, 6.45) is 2.62. The third kappa shape index (κ3) is 5.81. The van der Waals surface area contributed by atoms with Gasteiger partial charge in [-0.1, -0.05) is 6.92 Å². The molecule has 8 heteroatoms. The first-order valence-corrected chi connectivity index (χ1v) is 8.25. The van der Waals surface area contributed by atoms with Crippen LogP contribution in [0.3, 0.4) is 0 Å². The van der Waals surface area contributed by atoms with Gasteiger partial charge in [-0.05, 0) is 30.5 Å². The van der Waals surface area contributed by atoms with E-state index in [9.17, 15) is 9.90 Å². The molecule has 0 bridgehead atoms. The maximum atomic E-state index is 11.8. The Morgan fingerprint density at radius 2 is 2.16 bits per heavy atom. The number of nitrogens with zero attached hydrogens (tertiary/aromatic N) is 3. The Morgan fingerprint density at radius 1 is 1.48 bits per heavy atom. The molecule has 25 heavy (non-hydrogen) atoms. The van der Waals surface area contributed by atoms with Crippen LogP contribution in [0, 0.1) is 11.8 Å². The van der Waals surface area contributed by atoms with Crippen LogP contribution in [0.2, 0.25) is 0 Å². The SMILES string of the molecule is CCNC(=NCC(O)c1ccncc1)N1CC(C)C(C(=O)OC)C1.I. The highest BCUT2D eigenvalue weighted by Crippen LogP contribution is 2.24. The minimum atomic E-state index is -0.682. The number of guanidine groups is 1. The highest BCUT2D eigenvalue weighted by atomic mass is 127. The molecule has 2 heterocycles. The van der Waals surface area contributed by atoms with E-state index in [-0.39, 0.29) is 48.3 Å². The van der Waals surface area contributed by atoms with Crippen LogP contribution in [0.5, 0.6) is 0 Å². The number of carbonyl (C=O) groups is 1. The normalized spacial score (nSPS) is 21.4. The number of likely N-dealkylation sites (tertiary alicyclic amines) is 1. The Bertz CT molecular complexity index is 570. The van der Waals surface area contributed by atoms with E-state index in [0.717, 1.165) is 18.7 Å². The van der Waals surface area contributed by atoms with Crippen LogP contribution in [0.15, 0.2) is 29.5 Å². The molecule has 1 saturated heterocycles. The minimum Gasteiger partial charge on any atom is -0.469 e. The van der Waals surface area contributed by atoms with Crippen molar-refractivity contribution in [2.24, 2.45) is 16.8 Å². The van der Waals surface area contributed by atoms with E-state index in [2.05, 4.69) is 20.2 Å². The summed E-state index contributed by atoms with van der Waals surface area (Å²) in [6.45, 7) is 6.31. The number of esters is 1. The zero-order valence-electron chi connectivity index (χ0n) is 14.9. The first-order chi connectivity index (χ1) is 11.6. The fourth-order valence-corrected chi connectivity index (χ4v) is 2.89. The van der Waals surface area contributed by atoms with Gasteiger partial charge in [0.25, 0.3) is 0 Å². The number of methoxy groups -OCH3 is 1. The van der Waals surface area contributed by atoms with Crippen LogP contribution in [0.4, 0.5) is 0 Å². The molecular weight excluding hydrogens is 435 g/mol. The van der Waals surface area contributed by atoms with Gasteiger partial charge in [-0.2, -0.15) is 0 Å². The third-order valence-electron chi connectivity index (χ3n) is 4.26. The quantitative estimate of drug-likeness (QED) is 0.298. The molecule has 0 aromatic carbocycles. The fraction of sp³-hybridized carbons (Fsp3) is 0.588. The topological polar surface area (TPSA) is 87.1 Å². The molecule has 3 atom stereocenters. The molecule has 2 rings (SSSR count). The predicted molar refractivity (Wildman–Crippen MR) is 107 cm³/mol. The van der Waals surface area contributed by atoms with E-state index >= 15 is 0 Å². The summed E-state index contributed by atoms with van der Waals surface area (Å²) < 4.78 is 4.88. The van der Waals surface area contributed by atoms with Crippen molar-refractivity contribution in [1.82, 2.24) is 15.2 Å². The van der Waals surface area contributed by atoms with Gasteiger partial charge in [-0.3, -0.25) is 14.8 Å². The zero-order valence-corrected chi connectivity index (χ0v) is 17.2. The summed E-state index contributed by atoms with van der Waals surface area (Å²) in [6, 6.07) is 3.55. The molecule has 3 unspecified atom stereocenters. The molecule has 0 amide bonds. The van der Waals surface area contributed by atoms with Gasteiger partial charge < -0.3 is 20.1 Å². The zero-order chi connectivity index (χ0) is 17.5. The Balaban J connectivity index is 0.00000312. The Hall–Kier alpha value is -1.42. The summed E-state index contributed by atoms with van der Waals surface area (Å²) in [4.78, 5) is 22.4. The number of halogens is 1. The van der Waals surface area contributed by atoms with Crippen molar-refractivity contribution in [1.29, 1.82) is 0 Å². The molecular formula is C17H27IN4O3. The van der Waals surface area contributed by atoms with Crippen LogP contribution < -0.4 is 5.32 Å². The van der Waals surface area contributed by atoms with Gasteiger partial charge in [0, 0.05) is 32.0 Å². The summed E-state index contributed by atoms with van der Waals surface area (Å²) >= 11 is 0. The lowest BCUT2D eigenvalue weighted by Gasteiger charge is -2.22. The van der Waals surface area contributed by atoms with E-state index in [1.807, 2.05) is 13.8 Å². The van der Waals surface area contributed by atoms with E-state index in [0.29, 0.717) is 12.5 Å². The second-order valence-electron chi connectivity index (χ2n) is 6.00. The maximum absolute atomic E-state index is 11.8. The van der Waals surface area contributed by atoms with Crippen molar-refractivity contribution in [3.8, 4) is 0 Å². The molecule has 0 radical (unpaired) electrons. The van der Waals surface area contributed by atoms with Crippen molar-refractivity contribution in [3.63, 3.8) is 0 Å². The van der Waals surface area contributed by atoms with Crippen molar-refractivity contribution in [3.05, 3.63) is 30.1 Å². The molecule has 0 saturated carbocycles. The molecule has 7 nitrogen and oxygen atoms in total. The summed E-state index contributed by atoms with van der Waals surface area (Å²) in [5, 5.41) is 13.5. The van der Waals surface area contributed by atoms with Gasteiger partial charge in [0.15, 0.2) is 5.96 Å². The van der Waals surface area contributed by atoms with Crippen molar-refractivity contribution in [2.45, 2.75) is 20.0 Å². The highest BCUT2D eigenvalue weighted by molar-refractivity contribution is 14.0. The lowest BCUT2D eigenvalue weighted by Crippen LogP contribution is -2.41. The van der Waals surface area contributed by atoms with Gasteiger partial charge in [0.2, 0.25) is 0 Å². The molecule has 1 aliphatic rings. The molecule has 1 fully saturated rings. The van der Waals surface area contributed by atoms with Crippen molar-refractivity contribution in [2.75, 3.05) is 33.3 Å². The summed E-state index contributed by atoms with van der Waals surface area (Å²) in [5.74, 6) is 0.580. The number of aliphatic hydroxyl groups is 1.